The average molecular weight is 268 g/mol. The third kappa shape index (κ3) is 2.59. The highest BCUT2D eigenvalue weighted by Gasteiger charge is 2.09. The lowest BCUT2D eigenvalue weighted by atomic mass is 10.1. The molecule has 0 amide bonds. The van der Waals surface area contributed by atoms with E-state index in [1.807, 2.05) is 12.3 Å². The number of aliphatic carboxylic acids is 1. The summed E-state index contributed by atoms with van der Waals surface area (Å²) >= 11 is 6.13. The molecule has 0 radical (unpaired) electrons. The zero-order valence-electron chi connectivity index (χ0n) is 10.00. The van der Waals surface area contributed by atoms with Crippen LogP contribution < -0.4 is 4.74 Å². The molecule has 0 spiro atoms. The minimum atomic E-state index is -0.773. The number of carbonyl (C=O) groups is 1. The molecule has 1 aromatic carbocycles. The summed E-state index contributed by atoms with van der Waals surface area (Å²) in [5.74, 6) is -0.0722. The molecule has 0 fully saturated rings. The van der Waals surface area contributed by atoms with Gasteiger partial charge in [-0.05, 0) is 24.5 Å². The van der Waals surface area contributed by atoms with Crippen LogP contribution in [0.15, 0.2) is 18.3 Å². The second-order valence-electron chi connectivity index (χ2n) is 4.09. The first-order valence-electron chi connectivity index (χ1n) is 5.67. The van der Waals surface area contributed by atoms with Gasteiger partial charge in [-0.25, -0.2) is 0 Å². The highest BCUT2D eigenvalue weighted by atomic mass is 35.5. The second kappa shape index (κ2) is 5.31. The van der Waals surface area contributed by atoms with Gasteiger partial charge in [0.15, 0.2) is 0 Å². The van der Waals surface area contributed by atoms with Crippen LogP contribution in [0.5, 0.6) is 5.75 Å². The van der Waals surface area contributed by atoms with Crippen molar-refractivity contribution >= 4 is 28.5 Å². The number of ether oxygens (including phenoxy) is 1. The van der Waals surface area contributed by atoms with Crippen LogP contribution in [0.3, 0.4) is 0 Å². The molecule has 0 saturated heterocycles. The number of methoxy groups -OCH3 is 1. The van der Waals surface area contributed by atoms with E-state index in [1.165, 1.54) is 0 Å². The van der Waals surface area contributed by atoms with E-state index in [4.69, 9.17) is 21.4 Å². The first-order valence-corrected chi connectivity index (χ1v) is 6.05. The molecule has 4 nitrogen and oxygen atoms in total. The molecular formula is C13H14ClNO3. The lowest BCUT2D eigenvalue weighted by Crippen LogP contribution is -1.95. The molecule has 18 heavy (non-hydrogen) atoms. The van der Waals surface area contributed by atoms with Crippen molar-refractivity contribution in [3.8, 4) is 5.75 Å². The number of rotatable bonds is 5. The molecular weight excluding hydrogens is 254 g/mol. The summed E-state index contributed by atoms with van der Waals surface area (Å²) in [6.45, 7) is 0. The molecule has 0 aliphatic carbocycles. The fraction of sp³-hybridized carbons (Fsp3) is 0.308. The SMILES string of the molecule is COc1cc(Cl)c2[nH]cc(CCCC(=O)O)c2c1. The number of halogens is 1. The predicted molar refractivity (Wildman–Crippen MR) is 70.4 cm³/mol. The lowest BCUT2D eigenvalue weighted by Gasteiger charge is -2.03. The maximum atomic E-state index is 10.5. The topological polar surface area (TPSA) is 62.3 Å². The van der Waals surface area contributed by atoms with Crippen LogP contribution >= 0.6 is 11.6 Å². The van der Waals surface area contributed by atoms with E-state index in [0.717, 1.165) is 16.5 Å². The first-order chi connectivity index (χ1) is 8.61. The number of nitrogens with one attached hydrogen (secondary N) is 1. The number of aromatic amines is 1. The van der Waals surface area contributed by atoms with Gasteiger partial charge in [-0.2, -0.15) is 0 Å². The Balaban J connectivity index is 2.28. The van der Waals surface area contributed by atoms with E-state index >= 15 is 0 Å². The Labute approximate surface area is 110 Å². The van der Waals surface area contributed by atoms with Gasteiger partial charge >= 0.3 is 5.97 Å². The van der Waals surface area contributed by atoms with Gasteiger partial charge < -0.3 is 14.8 Å². The largest absolute Gasteiger partial charge is 0.497 e. The van der Waals surface area contributed by atoms with Crippen LogP contribution in [0.1, 0.15) is 18.4 Å². The number of carboxylic acids is 1. The van der Waals surface area contributed by atoms with Gasteiger partial charge in [-0.3, -0.25) is 4.79 Å². The second-order valence-corrected chi connectivity index (χ2v) is 4.50. The van der Waals surface area contributed by atoms with Crippen LogP contribution in [0.2, 0.25) is 5.02 Å². The molecule has 5 heteroatoms. The summed E-state index contributed by atoms with van der Waals surface area (Å²) in [6.07, 6.45) is 3.36. The van der Waals surface area contributed by atoms with Crippen molar-refractivity contribution in [2.45, 2.75) is 19.3 Å². The zero-order chi connectivity index (χ0) is 13.1. The Hall–Kier alpha value is -1.68. The molecule has 2 rings (SSSR count). The van der Waals surface area contributed by atoms with E-state index in [2.05, 4.69) is 4.98 Å². The van der Waals surface area contributed by atoms with E-state index in [0.29, 0.717) is 23.6 Å². The number of fused-ring (bicyclic) bond motifs is 1. The van der Waals surface area contributed by atoms with Crippen molar-refractivity contribution in [1.29, 1.82) is 0 Å². The van der Waals surface area contributed by atoms with Crippen molar-refractivity contribution in [1.82, 2.24) is 4.98 Å². The lowest BCUT2D eigenvalue weighted by molar-refractivity contribution is -0.137. The standard InChI is InChI=1S/C13H14ClNO3/c1-18-9-5-10-8(3-2-4-12(16)17)7-15-13(10)11(14)6-9/h5-7,15H,2-4H2,1H3,(H,16,17). The van der Waals surface area contributed by atoms with Gasteiger partial charge in [0.25, 0.3) is 0 Å². The van der Waals surface area contributed by atoms with Gasteiger partial charge in [-0.1, -0.05) is 11.6 Å². The number of aryl methyl sites for hydroxylation is 1. The van der Waals surface area contributed by atoms with Crippen LogP contribution in [0, 0.1) is 0 Å². The van der Waals surface area contributed by atoms with Crippen molar-refractivity contribution < 1.29 is 14.6 Å². The fourth-order valence-electron chi connectivity index (χ4n) is 1.97. The number of carboxylic acid groups (broad SMARTS) is 1. The van der Waals surface area contributed by atoms with Crippen LogP contribution in [-0.4, -0.2) is 23.2 Å². The highest BCUT2D eigenvalue weighted by molar-refractivity contribution is 6.35. The van der Waals surface area contributed by atoms with Gasteiger partial charge in [0.05, 0.1) is 17.6 Å². The minimum Gasteiger partial charge on any atom is -0.497 e. The van der Waals surface area contributed by atoms with Gasteiger partial charge in [0, 0.05) is 24.1 Å². The molecule has 0 unspecified atom stereocenters. The van der Waals surface area contributed by atoms with Crippen LogP contribution in [0.25, 0.3) is 10.9 Å². The summed E-state index contributed by atoms with van der Waals surface area (Å²) in [7, 11) is 1.59. The smallest absolute Gasteiger partial charge is 0.303 e. The van der Waals surface area contributed by atoms with Crippen molar-refractivity contribution in [3.05, 3.63) is 28.9 Å². The van der Waals surface area contributed by atoms with Crippen molar-refractivity contribution in [2.24, 2.45) is 0 Å². The molecule has 0 saturated carbocycles. The average Bonchev–Trinajstić information content (AvgIpc) is 2.72. The van der Waals surface area contributed by atoms with E-state index in [1.54, 1.807) is 13.2 Å². The van der Waals surface area contributed by atoms with Gasteiger partial charge in [-0.15, -0.1) is 0 Å². The third-order valence-electron chi connectivity index (χ3n) is 2.87. The predicted octanol–water partition coefficient (Wildman–Crippen LogP) is 3.24. The Morgan fingerprint density at radius 3 is 2.94 bits per heavy atom. The zero-order valence-corrected chi connectivity index (χ0v) is 10.8. The maximum Gasteiger partial charge on any atom is 0.303 e. The van der Waals surface area contributed by atoms with E-state index in [-0.39, 0.29) is 6.42 Å². The molecule has 1 heterocycles. The van der Waals surface area contributed by atoms with Crippen LogP contribution in [-0.2, 0) is 11.2 Å². The van der Waals surface area contributed by atoms with Crippen molar-refractivity contribution in [2.75, 3.05) is 7.11 Å². The van der Waals surface area contributed by atoms with Crippen LogP contribution in [0.4, 0.5) is 0 Å². The summed E-state index contributed by atoms with van der Waals surface area (Å²) < 4.78 is 5.18. The molecule has 0 aliphatic rings. The molecule has 2 N–H and O–H groups in total. The first kappa shape index (κ1) is 12.8. The summed E-state index contributed by atoms with van der Waals surface area (Å²) in [5, 5.41) is 10.2. The molecule has 96 valence electrons. The highest BCUT2D eigenvalue weighted by Crippen LogP contribution is 2.31. The summed E-state index contributed by atoms with van der Waals surface area (Å²) in [4.78, 5) is 13.6. The Bertz CT molecular complexity index is 577. The number of aromatic nitrogens is 1. The Morgan fingerprint density at radius 1 is 1.50 bits per heavy atom. The van der Waals surface area contributed by atoms with E-state index < -0.39 is 5.97 Å². The maximum absolute atomic E-state index is 10.5. The van der Waals surface area contributed by atoms with Gasteiger partial charge in [0.1, 0.15) is 5.75 Å². The number of hydrogen-bond donors (Lipinski definition) is 2. The van der Waals surface area contributed by atoms with E-state index in [9.17, 15) is 4.79 Å². The summed E-state index contributed by atoms with van der Waals surface area (Å²) in [5.41, 5.74) is 1.93. The molecule has 0 atom stereocenters. The normalized spacial score (nSPS) is 10.8. The number of hydrogen-bond acceptors (Lipinski definition) is 2. The molecule has 0 aliphatic heterocycles. The Kier molecular flexibility index (Phi) is 3.77. The molecule has 2 aromatic rings. The summed E-state index contributed by atoms with van der Waals surface area (Å²) in [6, 6.07) is 3.66. The number of benzene rings is 1. The minimum absolute atomic E-state index is 0.171. The monoisotopic (exact) mass is 267 g/mol. The third-order valence-corrected chi connectivity index (χ3v) is 3.17. The number of H-pyrrole nitrogens is 1. The van der Waals surface area contributed by atoms with Gasteiger partial charge in [0.2, 0.25) is 0 Å². The fourth-order valence-corrected chi connectivity index (χ4v) is 2.24. The molecule has 0 bridgehead atoms. The van der Waals surface area contributed by atoms with Crippen molar-refractivity contribution in [3.63, 3.8) is 0 Å². The Morgan fingerprint density at radius 2 is 2.28 bits per heavy atom. The molecule has 1 aromatic heterocycles. The quantitative estimate of drug-likeness (QED) is 0.874.